The van der Waals surface area contributed by atoms with Crippen molar-refractivity contribution < 1.29 is 9.18 Å². The number of nitrogens with zero attached hydrogens (tertiary/aromatic N) is 2. The lowest BCUT2D eigenvalue weighted by Crippen LogP contribution is -2.50. The van der Waals surface area contributed by atoms with E-state index in [0.717, 1.165) is 31.7 Å². The SMILES string of the molecule is CC(C)C(NC(=O)CN1CCN(c2ccccc2)CC1)c1ccc(F)cc1. The van der Waals surface area contributed by atoms with E-state index in [2.05, 4.69) is 53.2 Å². The van der Waals surface area contributed by atoms with E-state index in [9.17, 15) is 9.18 Å². The Hall–Kier alpha value is -2.40. The summed E-state index contributed by atoms with van der Waals surface area (Å²) in [6.45, 7) is 8.09. The molecule has 0 aliphatic carbocycles. The highest BCUT2D eigenvalue weighted by Crippen LogP contribution is 2.22. The van der Waals surface area contributed by atoms with Crippen molar-refractivity contribution in [3.05, 3.63) is 66.0 Å². The topological polar surface area (TPSA) is 35.6 Å². The van der Waals surface area contributed by atoms with Crippen LogP contribution in [-0.2, 0) is 4.79 Å². The lowest BCUT2D eigenvalue weighted by Gasteiger charge is -2.36. The highest BCUT2D eigenvalue weighted by molar-refractivity contribution is 5.78. The van der Waals surface area contributed by atoms with Gasteiger partial charge in [-0.05, 0) is 35.7 Å². The largest absolute Gasteiger partial charge is 0.369 e. The summed E-state index contributed by atoms with van der Waals surface area (Å²) in [6, 6.07) is 16.7. The fourth-order valence-electron chi connectivity index (χ4n) is 3.53. The summed E-state index contributed by atoms with van der Waals surface area (Å²) < 4.78 is 13.2. The van der Waals surface area contributed by atoms with Crippen molar-refractivity contribution in [2.24, 2.45) is 5.92 Å². The van der Waals surface area contributed by atoms with Gasteiger partial charge in [0.25, 0.3) is 0 Å². The van der Waals surface area contributed by atoms with Crippen molar-refractivity contribution in [2.75, 3.05) is 37.6 Å². The van der Waals surface area contributed by atoms with Crippen molar-refractivity contribution in [3.8, 4) is 0 Å². The number of carbonyl (C=O) groups is 1. The Labute approximate surface area is 161 Å². The van der Waals surface area contributed by atoms with E-state index in [-0.39, 0.29) is 23.7 Å². The van der Waals surface area contributed by atoms with Crippen molar-refractivity contribution >= 4 is 11.6 Å². The minimum atomic E-state index is -0.260. The number of nitrogens with one attached hydrogen (secondary N) is 1. The van der Waals surface area contributed by atoms with Gasteiger partial charge in [-0.1, -0.05) is 44.2 Å². The Morgan fingerprint density at radius 1 is 1.00 bits per heavy atom. The minimum absolute atomic E-state index is 0.0196. The summed E-state index contributed by atoms with van der Waals surface area (Å²) in [5.74, 6) is -0.00982. The van der Waals surface area contributed by atoms with Crippen LogP contribution in [0, 0.1) is 11.7 Å². The molecule has 0 spiro atoms. The predicted octanol–water partition coefficient (Wildman–Crippen LogP) is 3.46. The Balaban J connectivity index is 1.52. The molecule has 1 fully saturated rings. The van der Waals surface area contributed by atoms with E-state index < -0.39 is 0 Å². The molecule has 1 aliphatic rings. The number of rotatable bonds is 6. The number of para-hydroxylation sites is 1. The minimum Gasteiger partial charge on any atom is -0.369 e. The summed E-state index contributed by atoms with van der Waals surface area (Å²) in [4.78, 5) is 17.1. The number of hydrogen-bond acceptors (Lipinski definition) is 3. The molecule has 27 heavy (non-hydrogen) atoms. The Kier molecular flexibility index (Phi) is 6.45. The van der Waals surface area contributed by atoms with E-state index in [1.54, 1.807) is 12.1 Å². The van der Waals surface area contributed by atoms with Crippen molar-refractivity contribution in [3.63, 3.8) is 0 Å². The third-order valence-electron chi connectivity index (χ3n) is 5.07. The number of hydrogen-bond donors (Lipinski definition) is 1. The number of amides is 1. The standard InChI is InChI=1S/C22H28FN3O/c1-17(2)22(18-8-10-19(23)11-9-18)24-21(27)16-25-12-14-26(15-13-25)20-6-4-3-5-7-20/h3-11,17,22H,12-16H2,1-2H3,(H,24,27). The molecule has 1 atom stereocenters. The zero-order valence-corrected chi connectivity index (χ0v) is 16.1. The molecule has 1 aliphatic heterocycles. The Bertz CT molecular complexity index is 725. The van der Waals surface area contributed by atoms with Crippen LogP contribution in [0.2, 0.25) is 0 Å². The fraction of sp³-hybridized carbons (Fsp3) is 0.409. The molecule has 3 rings (SSSR count). The number of benzene rings is 2. The van der Waals surface area contributed by atoms with Gasteiger partial charge in [-0.25, -0.2) is 4.39 Å². The number of halogens is 1. The lowest BCUT2D eigenvalue weighted by atomic mass is 9.96. The zero-order valence-electron chi connectivity index (χ0n) is 16.1. The first-order chi connectivity index (χ1) is 13.0. The molecule has 2 aromatic carbocycles. The summed E-state index contributed by atoms with van der Waals surface area (Å²) in [5, 5.41) is 3.13. The molecule has 0 aromatic heterocycles. The molecular formula is C22H28FN3O. The zero-order chi connectivity index (χ0) is 19.2. The first-order valence-electron chi connectivity index (χ1n) is 9.60. The first-order valence-corrected chi connectivity index (χ1v) is 9.60. The van der Waals surface area contributed by atoms with E-state index >= 15 is 0 Å². The first kappa shape index (κ1) is 19.4. The molecule has 0 radical (unpaired) electrons. The summed E-state index contributed by atoms with van der Waals surface area (Å²) in [6.07, 6.45) is 0. The summed E-state index contributed by atoms with van der Waals surface area (Å²) in [5.41, 5.74) is 2.17. The van der Waals surface area contributed by atoms with Crippen molar-refractivity contribution in [2.45, 2.75) is 19.9 Å². The van der Waals surface area contributed by atoms with Gasteiger partial charge in [0.15, 0.2) is 0 Å². The van der Waals surface area contributed by atoms with Crippen LogP contribution in [-0.4, -0.2) is 43.5 Å². The van der Waals surface area contributed by atoms with E-state index in [4.69, 9.17) is 0 Å². The second kappa shape index (κ2) is 9.00. The number of anilines is 1. The normalized spacial score (nSPS) is 16.4. The van der Waals surface area contributed by atoms with Gasteiger partial charge in [0.05, 0.1) is 12.6 Å². The molecule has 4 nitrogen and oxygen atoms in total. The van der Waals surface area contributed by atoms with Crippen LogP contribution in [0.15, 0.2) is 54.6 Å². The average molecular weight is 369 g/mol. The van der Waals surface area contributed by atoms with Crippen LogP contribution >= 0.6 is 0 Å². The summed E-state index contributed by atoms with van der Waals surface area (Å²) >= 11 is 0. The monoisotopic (exact) mass is 369 g/mol. The van der Waals surface area contributed by atoms with Gasteiger partial charge in [0, 0.05) is 31.9 Å². The molecule has 1 amide bonds. The number of carbonyl (C=O) groups excluding carboxylic acids is 1. The smallest absolute Gasteiger partial charge is 0.234 e. The molecule has 2 aromatic rings. The molecule has 1 heterocycles. The molecule has 5 heteroatoms. The van der Waals surface area contributed by atoms with Crippen LogP contribution in [0.5, 0.6) is 0 Å². The molecule has 1 unspecified atom stereocenters. The Morgan fingerprint density at radius 2 is 1.63 bits per heavy atom. The fourth-order valence-corrected chi connectivity index (χ4v) is 3.53. The maximum absolute atomic E-state index is 13.2. The van der Waals surface area contributed by atoms with Crippen LogP contribution in [0.3, 0.4) is 0 Å². The van der Waals surface area contributed by atoms with E-state index in [1.807, 2.05) is 6.07 Å². The third-order valence-corrected chi connectivity index (χ3v) is 5.07. The predicted molar refractivity (Wildman–Crippen MR) is 107 cm³/mol. The lowest BCUT2D eigenvalue weighted by molar-refractivity contribution is -0.123. The number of piperazine rings is 1. The Morgan fingerprint density at radius 3 is 2.22 bits per heavy atom. The van der Waals surface area contributed by atoms with Gasteiger partial charge >= 0.3 is 0 Å². The molecular weight excluding hydrogens is 341 g/mol. The molecule has 0 saturated carbocycles. The van der Waals surface area contributed by atoms with Crippen LogP contribution < -0.4 is 10.2 Å². The van der Waals surface area contributed by atoms with Gasteiger partial charge in [0.2, 0.25) is 5.91 Å². The average Bonchev–Trinajstić information content (AvgIpc) is 2.68. The maximum Gasteiger partial charge on any atom is 0.234 e. The molecule has 1 saturated heterocycles. The third kappa shape index (κ3) is 5.30. The molecule has 1 N–H and O–H groups in total. The van der Waals surface area contributed by atoms with Crippen LogP contribution in [0.25, 0.3) is 0 Å². The second-order valence-corrected chi connectivity index (χ2v) is 7.44. The van der Waals surface area contributed by atoms with E-state index in [0.29, 0.717) is 6.54 Å². The second-order valence-electron chi connectivity index (χ2n) is 7.44. The highest BCUT2D eigenvalue weighted by Gasteiger charge is 2.22. The highest BCUT2D eigenvalue weighted by atomic mass is 19.1. The van der Waals surface area contributed by atoms with Crippen molar-refractivity contribution in [1.82, 2.24) is 10.2 Å². The van der Waals surface area contributed by atoms with Gasteiger partial charge in [-0.2, -0.15) is 0 Å². The molecule has 144 valence electrons. The van der Waals surface area contributed by atoms with E-state index in [1.165, 1.54) is 17.8 Å². The van der Waals surface area contributed by atoms with Gasteiger partial charge in [-0.15, -0.1) is 0 Å². The van der Waals surface area contributed by atoms with Crippen LogP contribution in [0.1, 0.15) is 25.5 Å². The van der Waals surface area contributed by atoms with Crippen molar-refractivity contribution in [1.29, 1.82) is 0 Å². The molecule has 0 bridgehead atoms. The van der Waals surface area contributed by atoms with Crippen LogP contribution in [0.4, 0.5) is 10.1 Å². The van der Waals surface area contributed by atoms with Gasteiger partial charge in [-0.3, -0.25) is 9.69 Å². The summed E-state index contributed by atoms with van der Waals surface area (Å²) in [7, 11) is 0. The quantitative estimate of drug-likeness (QED) is 0.847. The van der Waals surface area contributed by atoms with Gasteiger partial charge < -0.3 is 10.2 Å². The van der Waals surface area contributed by atoms with Gasteiger partial charge in [0.1, 0.15) is 5.82 Å². The maximum atomic E-state index is 13.2.